The van der Waals surface area contributed by atoms with E-state index in [4.69, 9.17) is 9.47 Å². The number of benzene rings is 1. The average Bonchev–Trinajstić information content (AvgIpc) is 2.40. The Morgan fingerprint density at radius 3 is 2.39 bits per heavy atom. The van der Waals surface area contributed by atoms with Gasteiger partial charge in [0.05, 0.1) is 13.7 Å². The molecule has 3 nitrogen and oxygen atoms in total. The molecular weight excluding hydrogens is 240 g/mol. The molecule has 1 unspecified atom stereocenters. The maximum absolute atomic E-state index is 13.0. The van der Waals surface area contributed by atoms with Crippen LogP contribution in [0.1, 0.15) is 25.5 Å². The van der Waals surface area contributed by atoms with Gasteiger partial charge in [-0.05, 0) is 17.7 Å². The summed E-state index contributed by atoms with van der Waals surface area (Å²) in [4.78, 5) is 4.19. The van der Waals surface area contributed by atoms with Crippen molar-refractivity contribution in [3.63, 3.8) is 0 Å². The normalized spacial score (nSPS) is 18.5. The number of methoxy groups -OCH3 is 1. The zero-order valence-corrected chi connectivity index (χ0v) is 10.7. The molecule has 1 heterocycles. The van der Waals surface area contributed by atoms with E-state index in [0.717, 1.165) is 6.07 Å². The van der Waals surface area contributed by atoms with Crippen LogP contribution in [0, 0.1) is 11.6 Å². The van der Waals surface area contributed by atoms with Crippen molar-refractivity contribution in [2.24, 2.45) is 4.99 Å². The zero-order chi connectivity index (χ0) is 13.5. The van der Waals surface area contributed by atoms with Crippen LogP contribution in [-0.2, 0) is 9.47 Å². The minimum absolute atomic E-state index is 0.296. The van der Waals surface area contributed by atoms with Gasteiger partial charge >= 0.3 is 0 Å². The molecule has 1 aliphatic heterocycles. The van der Waals surface area contributed by atoms with Crippen molar-refractivity contribution in [3.05, 3.63) is 35.4 Å². The van der Waals surface area contributed by atoms with Crippen molar-refractivity contribution in [1.29, 1.82) is 0 Å². The lowest BCUT2D eigenvalue weighted by Crippen LogP contribution is -2.22. The predicted molar refractivity (Wildman–Crippen MR) is 65.7 cm³/mol. The van der Waals surface area contributed by atoms with Crippen LogP contribution in [0.25, 0.3) is 0 Å². The summed E-state index contributed by atoms with van der Waals surface area (Å²) in [5, 5.41) is 0. The van der Waals surface area contributed by atoms with Gasteiger partial charge in [-0.1, -0.05) is 13.8 Å². The molecule has 1 aromatic carbocycles. The third-order valence-electron chi connectivity index (χ3n) is 2.31. The topological polar surface area (TPSA) is 30.8 Å². The van der Waals surface area contributed by atoms with E-state index in [2.05, 4.69) is 4.99 Å². The van der Waals surface area contributed by atoms with Gasteiger partial charge in [0, 0.05) is 6.07 Å². The maximum atomic E-state index is 13.0. The number of nitrogens with zero attached hydrogens (tertiary/aromatic N) is 1. The first-order chi connectivity index (χ1) is 8.69. The van der Waals surface area contributed by atoms with E-state index in [0.29, 0.717) is 24.7 Å². The number of ether oxygens (including phenoxy) is 2. The molecule has 0 fully saturated rings. The Kier molecular flexibility index (Phi) is 5.71. The number of hydrogen-bond donors (Lipinski definition) is 0. The Bertz CT molecular complexity index is 401. The molecule has 5 heteroatoms. The third-order valence-corrected chi connectivity index (χ3v) is 2.31. The van der Waals surface area contributed by atoms with Crippen molar-refractivity contribution in [2.45, 2.75) is 19.9 Å². The van der Waals surface area contributed by atoms with Crippen LogP contribution in [0.2, 0.25) is 0 Å². The molecule has 1 aromatic rings. The first-order valence-electron chi connectivity index (χ1n) is 5.83. The fourth-order valence-electron chi connectivity index (χ4n) is 1.56. The zero-order valence-electron chi connectivity index (χ0n) is 10.7. The van der Waals surface area contributed by atoms with Crippen LogP contribution < -0.4 is 0 Å². The molecule has 0 N–H and O–H groups in total. The van der Waals surface area contributed by atoms with E-state index in [-0.39, 0.29) is 0 Å². The summed E-state index contributed by atoms with van der Waals surface area (Å²) < 4.78 is 36.2. The lowest BCUT2D eigenvalue weighted by molar-refractivity contribution is 0.125. The molecule has 0 aromatic heterocycles. The van der Waals surface area contributed by atoms with Gasteiger partial charge in [-0.25, -0.2) is 13.8 Å². The molecule has 1 aliphatic rings. The molecule has 0 spiro atoms. The first kappa shape index (κ1) is 14.6. The maximum Gasteiger partial charge on any atom is 0.210 e. The van der Waals surface area contributed by atoms with Crippen molar-refractivity contribution in [1.82, 2.24) is 0 Å². The van der Waals surface area contributed by atoms with Gasteiger partial charge in [-0.3, -0.25) is 0 Å². The Morgan fingerprint density at radius 1 is 1.22 bits per heavy atom. The summed E-state index contributed by atoms with van der Waals surface area (Å²) in [6, 6.07) is 2.92. The van der Waals surface area contributed by atoms with Gasteiger partial charge in [0.2, 0.25) is 5.90 Å². The summed E-state index contributed by atoms with van der Waals surface area (Å²) in [7, 11) is 1.48. The van der Waals surface area contributed by atoms with Gasteiger partial charge in [0.15, 0.2) is 0 Å². The first-order valence-corrected chi connectivity index (χ1v) is 5.83. The highest BCUT2D eigenvalue weighted by atomic mass is 19.1. The molecule has 100 valence electrons. The molecule has 2 rings (SSSR count). The van der Waals surface area contributed by atoms with Gasteiger partial charge in [0.1, 0.15) is 24.3 Å². The fraction of sp³-hybridized carbons (Fsp3) is 0.462. The predicted octanol–water partition coefficient (Wildman–Crippen LogP) is 3.11. The summed E-state index contributed by atoms with van der Waals surface area (Å²) in [6.45, 7) is 4.60. The summed E-state index contributed by atoms with van der Waals surface area (Å²) in [5.74, 6) is -0.801. The Morgan fingerprint density at radius 2 is 1.83 bits per heavy atom. The molecule has 1 atom stereocenters. The third kappa shape index (κ3) is 3.77. The average molecular weight is 257 g/mol. The minimum Gasteiger partial charge on any atom is -0.483 e. The Hall–Kier alpha value is -1.49. The summed E-state index contributed by atoms with van der Waals surface area (Å²) in [5.41, 5.74) is 0.451. The molecule has 0 radical (unpaired) electrons. The molecular formula is C13H17F2NO2. The van der Waals surface area contributed by atoms with E-state index in [1.165, 1.54) is 19.2 Å². The lowest BCUT2D eigenvalue weighted by atomic mass is 10.1. The van der Waals surface area contributed by atoms with Crippen LogP contribution >= 0.6 is 0 Å². The molecule has 0 saturated carbocycles. The van der Waals surface area contributed by atoms with Gasteiger partial charge < -0.3 is 9.47 Å². The van der Waals surface area contributed by atoms with Crippen LogP contribution in [0.4, 0.5) is 8.78 Å². The van der Waals surface area contributed by atoms with Crippen LogP contribution in [-0.4, -0.2) is 26.2 Å². The molecule has 18 heavy (non-hydrogen) atoms. The second kappa shape index (κ2) is 7.06. The van der Waals surface area contributed by atoms with Gasteiger partial charge in [-0.15, -0.1) is 0 Å². The highest BCUT2D eigenvalue weighted by Gasteiger charge is 2.19. The van der Waals surface area contributed by atoms with Crippen molar-refractivity contribution >= 4 is 5.90 Å². The molecule has 0 amide bonds. The summed E-state index contributed by atoms with van der Waals surface area (Å²) in [6.07, 6.45) is 0. The molecule has 0 aliphatic carbocycles. The van der Waals surface area contributed by atoms with Crippen molar-refractivity contribution < 1.29 is 18.3 Å². The van der Waals surface area contributed by atoms with Gasteiger partial charge in [-0.2, -0.15) is 0 Å². The largest absolute Gasteiger partial charge is 0.483 e. The highest BCUT2D eigenvalue weighted by Crippen LogP contribution is 2.22. The Labute approximate surface area is 105 Å². The number of halogens is 2. The highest BCUT2D eigenvalue weighted by molar-refractivity contribution is 5.78. The van der Waals surface area contributed by atoms with E-state index in [1.54, 1.807) is 0 Å². The summed E-state index contributed by atoms with van der Waals surface area (Å²) >= 11 is 0. The second-order valence-electron chi connectivity index (χ2n) is 3.46. The number of aliphatic imine (C=N–C) groups is 1. The SMILES string of the molecule is CC.COC1=NC(c2cc(F)cc(F)c2)COC1. The van der Waals surface area contributed by atoms with Crippen LogP contribution in [0.5, 0.6) is 0 Å². The van der Waals surface area contributed by atoms with Crippen molar-refractivity contribution in [3.8, 4) is 0 Å². The lowest BCUT2D eigenvalue weighted by Gasteiger charge is -2.20. The number of rotatable bonds is 1. The molecule has 0 bridgehead atoms. The van der Waals surface area contributed by atoms with E-state index < -0.39 is 17.7 Å². The molecule has 0 saturated heterocycles. The van der Waals surface area contributed by atoms with Gasteiger partial charge in [0.25, 0.3) is 0 Å². The quantitative estimate of drug-likeness (QED) is 0.774. The fourth-order valence-corrected chi connectivity index (χ4v) is 1.56. The standard InChI is InChI=1S/C11H11F2NO2.C2H6/c1-15-11-6-16-5-10(14-11)7-2-8(12)4-9(13)3-7;1-2/h2-4,10H,5-6H2,1H3;1-2H3. The smallest absolute Gasteiger partial charge is 0.210 e. The van der Waals surface area contributed by atoms with E-state index in [1.807, 2.05) is 13.8 Å². The minimum atomic E-state index is -0.616. The van der Waals surface area contributed by atoms with E-state index >= 15 is 0 Å². The monoisotopic (exact) mass is 257 g/mol. The number of hydrogen-bond acceptors (Lipinski definition) is 3. The van der Waals surface area contributed by atoms with E-state index in [9.17, 15) is 8.78 Å². The Balaban J connectivity index is 0.000000771. The van der Waals surface area contributed by atoms with Crippen LogP contribution in [0.3, 0.4) is 0 Å². The van der Waals surface area contributed by atoms with Crippen LogP contribution in [0.15, 0.2) is 23.2 Å². The van der Waals surface area contributed by atoms with Crippen molar-refractivity contribution in [2.75, 3.05) is 20.3 Å². The second-order valence-corrected chi connectivity index (χ2v) is 3.46.